The predicted molar refractivity (Wildman–Crippen MR) is 70.2 cm³/mol. The van der Waals surface area contributed by atoms with Crippen molar-refractivity contribution in [3.05, 3.63) is 0 Å². The van der Waals surface area contributed by atoms with Crippen LogP contribution in [-0.4, -0.2) is 57.8 Å². The summed E-state index contributed by atoms with van der Waals surface area (Å²) < 4.78 is 3.93. The standard InChI is InChI=1S/C8H14Br3NO4/c9-8(10,11)7(15)16-6-3-12(1-4-13)2-5-14/h13-14H,1-6H2/p+1. The Morgan fingerprint density at radius 3 is 2.00 bits per heavy atom. The summed E-state index contributed by atoms with van der Waals surface area (Å²) in [6.45, 7) is 1.93. The minimum Gasteiger partial charge on any atom is -0.457 e. The van der Waals surface area contributed by atoms with Crippen LogP contribution in [-0.2, 0) is 9.53 Å². The van der Waals surface area contributed by atoms with Gasteiger partial charge in [0.2, 0.25) is 2.14 Å². The number of nitrogens with one attached hydrogen (secondary N) is 1. The number of carbonyl (C=O) groups is 1. The zero-order chi connectivity index (χ0) is 12.6. The summed E-state index contributed by atoms with van der Waals surface area (Å²) in [5.41, 5.74) is 0. The Morgan fingerprint density at radius 2 is 1.62 bits per heavy atom. The van der Waals surface area contributed by atoms with Gasteiger partial charge >= 0.3 is 5.97 Å². The van der Waals surface area contributed by atoms with E-state index in [0.29, 0.717) is 19.6 Å². The van der Waals surface area contributed by atoms with Crippen molar-refractivity contribution < 1.29 is 24.6 Å². The van der Waals surface area contributed by atoms with E-state index in [-0.39, 0.29) is 19.8 Å². The Hall–Kier alpha value is 0.790. The lowest BCUT2D eigenvalue weighted by Crippen LogP contribution is -3.13. The van der Waals surface area contributed by atoms with E-state index in [1.807, 2.05) is 0 Å². The van der Waals surface area contributed by atoms with E-state index in [1.165, 1.54) is 0 Å². The minimum atomic E-state index is -1.04. The minimum absolute atomic E-state index is 0.0442. The predicted octanol–water partition coefficient (Wildman–Crippen LogP) is -0.762. The number of alkyl halides is 3. The molecule has 5 nitrogen and oxygen atoms in total. The molecule has 0 aromatic rings. The summed E-state index contributed by atoms with van der Waals surface area (Å²) in [6, 6.07) is 0. The highest BCUT2D eigenvalue weighted by Gasteiger charge is 2.30. The highest BCUT2D eigenvalue weighted by atomic mass is 80.0. The van der Waals surface area contributed by atoms with E-state index < -0.39 is 8.11 Å². The summed E-state index contributed by atoms with van der Waals surface area (Å²) in [4.78, 5) is 12.3. The third-order valence-electron chi connectivity index (χ3n) is 1.85. The van der Waals surface area contributed by atoms with Crippen molar-refractivity contribution in [1.29, 1.82) is 0 Å². The monoisotopic (exact) mass is 426 g/mol. The topological polar surface area (TPSA) is 71.2 Å². The molecule has 0 aliphatic carbocycles. The Balaban J connectivity index is 3.81. The summed E-state index contributed by atoms with van der Waals surface area (Å²) in [6.07, 6.45) is 0. The fourth-order valence-electron chi connectivity index (χ4n) is 1.06. The molecule has 0 heterocycles. The number of ether oxygens (including phenoxy) is 1. The van der Waals surface area contributed by atoms with Crippen LogP contribution in [0, 0.1) is 0 Å². The highest BCUT2D eigenvalue weighted by Crippen LogP contribution is 2.34. The second-order valence-electron chi connectivity index (χ2n) is 3.08. The van der Waals surface area contributed by atoms with E-state index in [4.69, 9.17) is 14.9 Å². The van der Waals surface area contributed by atoms with E-state index in [9.17, 15) is 4.79 Å². The van der Waals surface area contributed by atoms with Gasteiger partial charge in [-0.25, -0.2) is 4.79 Å². The zero-order valence-electron chi connectivity index (χ0n) is 8.59. The van der Waals surface area contributed by atoms with Crippen molar-refractivity contribution in [2.45, 2.75) is 2.14 Å². The van der Waals surface area contributed by atoms with Gasteiger partial charge in [-0.1, -0.05) is 0 Å². The van der Waals surface area contributed by atoms with Gasteiger partial charge in [0.15, 0.2) is 0 Å². The van der Waals surface area contributed by atoms with Crippen LogP contribution in [0.15, 0.2) is 0 Å². The van der Waals surface area contributed by atoms with Crippen molar-refractivity contribution >= 4 is 53.8 Å². The maximum absolute atomic E-state index is 11.3. The van der Waals surface area contributed by atoms with Crippen molar-refractivity contribution in [1.82, 2.24) is 0 Å². The van der Waals surface area contributed by atoms with Gasteiger partial charge in [-0.15, -0.1) is 0 Å². The van der Waals surface area contributed by atoms with E-state index >= 15 is 0 Å². The molecule has 0 saturated heterocycles. The fraction of sp³-hybridized carbons (Fsp3) is 0.875. The van der Waals surface area contributed by atoms with Crippen molar-refractivity contribution in [3.63, 3.8) is 0 Å². The molecule has 0 spiro atoms. The Kier molecular flexibility index (Phi) is 9.25. The van der Waals surface area contributed by atoms with Gasteiger partial charge in [-0.2, -0.15) is 0 Å². The average molecular weight is 429 g/mol. The lowest BCUT2D eigenvalue weighted by Gasteiger charge is -2.18. The molecule has 8 heteroatoms. The largest absolute Gasteiger partial charge is 0.457 e. The van der Waals surface area contributed by atoms with Crippen LogP contribution in [0.2, 0.25) is 0 Å². The Labute approximate surface area is 120 Å². The van der Waals surface area contributed by atoms with E-state index in [2.05, 4.69) is 47.8 Å². The summed E-state index contributed by atoms with van der Waals surface area (Å²) >= 11 is 9.13. The van der Waals surface area contributed by atoms with Gasteiger partial charge in [-0.05, 0) is 47.8 Å². The highest BCUT2D eigenvalue weighted by molar-refractivity contribution is 9.40. The first-order valence-corrected chi connectivity index (χ1v) is 7.09. The molecule has 0 aliphatic heterocycles. The molecule has 0 fully saturated rings. The number of rotatable bonds is 7. The molecule has 0 amide bonds. The third kappa shape index (κ3) is 7.97. The molecule has 0 radical (unpaired) electrons. The molecule has 0 rings (SSSR count). The van der Waals surface area contributed by atoms with Crippen LogP contribution in [0.1, 0.15) is 0 Å². The first kappa shape index (κ1) is 16.8. The molecule has 0 saturated carbocycles. The molecule has 0 unspecified atom stereocenters. The van der Waals surface area contributed by atoms with Crippen LogP contribution in [0.4, 0.5) is 0 Å². The van der Waals surface area contributed by atoms with Crippen molar-refractivity contribution in [2.24, 2.45) is 0 Å². The zero-order valence-corrected chi connectivity index (χ0v) is 13.3. The molecular formula is C8H15Br3NO4+. The number of hydrogen-bond donors (Lipinski definition) is 3. The van der Waals surface area contributed by atoms with Crippen molar-refractivity contribution in [2.75, 3.05) is 39.5 Å². The molecule has 0 aliphatic rings. The van der Waals surface area contributed by atoms with Gasteiger partial charge in [0.05, 0.1) is 13.2 Å². The van der Waals surface area contributed by atoms with Gasteiger partial charge in [-0.3, -0.25) is 0 Å². The van der Waals surface area contributed by atoms with Gasteiger partial charge < -0.3 is 19.8 Å². The lowest BCUT2D eigenvalue weighted by molar-refractivity contribution is -0.900. The molecule has 16 heavy (non-hydrogen) atoms. The lowest BCUT2D eigenvalue weighted by atomic mass is 10.4. The number of hydrogen-bond acceptors (Lipinski definition) is 4. The van der Waals surface area contributed by atoms with Crippen LogP contribution in [0.3, 0.4) is 0 Å². The SMILES string of the molecule is O=C(OCC[NH+](CCO)CCO)C(Br)(Br)Br. The van der Waals surface area contributed by atoms with Crippen LogP contribution < -0.4 is 4.90 Å². The second kappa shape index (κ2) is 8.82. The van der Waals surface area contributed by atoms with E-state index in [1.54, 1.807) is 0 Å². The maximum Gasteiger partial charge on any atom is 0.345 e. The number of aliphatic hydroxyl groups is 2. The second-order valence-corrected chi connectivity index (χ2v) is 9.84. The number of esters is 1. The average Bonchev–Trinajstić information content (AvgIpc) is 2.16. The number of halogens is 3. The van der Waals surface area contributed by atoms with Crippen LogP contribution in [0.25, 0.3) is 0 Å². The molecular weight excluding hydrogens is 414 g/mol. The first-order valence-electron chi connectivity index (χ1n) is 4.71. The van der Waals surface area contributed by atoms with Crippen LogP contribution >= 0.6 is 47.8 Å². The maximum atomic E-state index is 11.3. The van der Waals surface area contributed by atoms with Gasteiger partial charge in [0, 0.05) is 0 Å². The molecule has 3 N–H and O–H groups in total. The number of quaternary nitrogens is 1. The smallest absolute Gasteiger partial charge is 0.345 e. The van der Waals surface area contributed by atoms with E-state index in [0.717, 1.165) is 4.90 Å². The number of aliphatic hydroxyl groups excluding tert-OH is 2. The summed E-state index contributed by atoms with van der Waals surface area (Å²) in [5, 5.41) is 17.5. The van der Waals surface area contributed by atoms with Crippen molar-refractivity contribution in [3.8, 4) is 0 Å². The first-order chi connectivity index (χ1) is 7.41. The summed E-state index contributed by atoms with van der Waals surface area (Å²) in [7, 11) is 0. The molecule has 96 valence electrons. The molecule has 0 atom stereocenters. The van der Waals surface area contributed by atoms with Gasteiger partial charge in [0.1, 0.15) is 26.2 Å². The molecule has 0 aromatic carbocycles. The quantitative estimate of drug-likeness (QED) is 0.368. The molecule has 0 bridgehead atoms. The van der Waals surface area contributed by atoms with Crippen LogP contribution in [0.5, 0.6) is 0 Å². The Morgan fingerprint density at radius 1 is 1.12 bits per heavy atom. The number of carbonyl (C=O) groups excluding carboxylic acids is 1. The van der Waals surface area contributed by atoms with Gasteiger partial charge in [0.25, 0.3) is 0 Å². The summed E-state index contributed by atoms with van der Waals surface area (Å²) in [5.74, 6) is -0.472. The normalized spacial score (nSPS) is 11.9. The molecule has 0 aromatic heterocycles. The Bertz CT molecular complexity index is 204. The fourth-order valence-corrected chi connectivity index (χ4v) is 1.40. The third-order valence-corrected chi connectivity index (χ3v) is 2.82.